The molecule has 138 valence electrons. The van der Waals surface area contributed by atoms with E-state index in [1.165, 1.54) is 4.90 Å². The highest BCUT2D eigenvalue weighted by molar-refractivity contribution is 6.27. The number of carbonyl (C=O) groups excluding carboxylic acids is 3. The smallest absolute Gasteiger partial charge is 0.261 e. The average molecular weight is 354 g/mol. The van der Waals surface area contributed by atoms with Crippen LogP contribution in [0.1, 0.15) is 71.6 Å². The van der Waals surface area contributed by atoms with E-state index < -0.39 is 0 Å². The van der Waals surface area contributed by atoms with Gasteiger partial charge in [0.25, 0.3) is 17.7 Å². The molecule has 0 saturated carbocycles. The summed E-state index contributed by atoms with van der Waals surface area (Å²) in [5.74, 6) is -0.779. The Hall–Kier alpha value is -2.69. The lowest BCUT2D eigenvalue weighted by molar-refractivity contribution is 0.0619. The number of imide groups is 1. The number of nitrogens with zero attached hydrogens (tertiary/aromatic N) is 1. The van der Waals surface area contributed by atoms with E-state index >= 15 is 0 Å². The van der Waals surface area contributed by atoms with Crippen LogP contribution in [0.15, 0.2) is 30.3 Å². The molecule has 1 aliphatic heterocycles. The van der Waals surface area contributed by atoms with Gasteiger partial charge in [-0.05, 0) is 36.9 Å². The van der Waals surface area contributed by atoms with Crippen molar-refractivity contribution >= 4 is 28.5 Å². The maximum absolute atomic E-state index is 12.5. The fourth-order valence-corrected chi connectivity index (χ4v) is 3.11. The van der Waals surface area contributed by atoms with Crippen LogP contribution in [-0.2, 0) is 0 Å². The van der Waals surface area contributed by atoms with E-state index in [-0.39, 0.29) is 17.7 Å². The van der Waals surface area contributed by atoms with Crippen molar-refractivity contribution in [3.63, 3.8) is 0 Å². The van der Waals surface area contributed by atoms with Crippen molar-refractivity contribution in [2.45, 2.75) is 40.5 Å². The van der Waals surface area contributed by atoms with Gasteiger partial charge in [0, 0.05) is 35.2 Å². The first-order chi connectivity index (χ1) is 12.6. The van der Waals surface area contributed by atoms with Gasteiger partial charge < -0.3 is 5.32 Å². The van der Waals surface area contributed by atoms with Gasteiger partial charge in [-0.25, -0.2) is 0 Å². The summed E-state index contributed by atoms with van der Waals surface area (Å²) in [7, 11) is 0. The Morgan fingerprint density at radius 1 is 1.00 bits per heavy atom. The van der Waals surface area contributed by atoms with E-state index in [4.69, 9.17) is 0 Å². The summed E-state index contributed by atoms with van der Waals surface area (Å²) >= 11 is 0. The topological polar surface area (TPSA) is 66.5 Å². The quantitative estimate of drug-likeness (QED) is 0.651. The molecule has 2 aromatic rings. The Kier molecular flexibility index (Phi) is 6.50. The molecule has 3 rings (SSSR count). The van der Waals surface area contributed by atoms with Gasteiger partial charge in [-0.1, -0.05) is 39.3 Å². The van der Waals surface area contributed by atoms with Gasteiger partial charge in [-0.3, -0.25) is 19.3 Å². The molecule has 0 unspecified atom stereocenters. The molecule has 2 aromatic carbocycles. The van der Waals surface area contributed by atoms with Crippen LogP contribution in [0.2, 0.25) is 0 Å². The maximum atomic E-state index is 12.5. The van der Waals surface area contributed by atoms with E-state index in [9.17, 15) is 14.4 Å². The molecular formula is C21H26N2O3. The summed E-state index contributed by atoms with van der Waals surface area (Å²) in [5.41, 5.74) is 1.46. The van der Waals surface area contributed by atoms with E-state index in [0.29, 0.717) is 40.6 Å². The summed E-state index contributed by atoms with van der Waals surface area (Å²) in [6, 6.07) is 8.58. The third kappa shape index (κ3) is 3.34. The van der Waals surface area contributed by atoms with Crippen LogP contribution in [0.3, 0.4) is 0 Å². The summed E-state index contributed by atoms with van der Waals surface area (Å²) in [6.45, 7) is 8.77. The predicted molar refractivity (Wildman–Crippen MR) is 104 cm³/mol. The van der Waals surface area contributed by atoms with Crippen molar-refractivity contribution in [1.29, 1.82) is 0 Å². The molecule has 0 saturated heterocycles. The number of amides is 3. The summed E-state index contributed by atoms with van der Waals surface area (Å²) in [4.78, 5) is 38.8. The Bertz CT molecular complexity index is 820. The maximum Gasteiger partial charge on any atom is 0.261 e. The number of hydrogen-bond donors (Lipinski definition) is 1. The molecule has 1 heterocycles. The fourth-order valence-electron chi connectivity index (χ4n) is 3.11. The molecule has 0 aliphatic carbocycles. The first-order valence-corrected chi connectivity index (χ1v) is 9.30. The average Bonchev–Trinajstić information content (AvgIpc) is 2.67. The number of unbranched alkanes of at least 4 members (excludes halogenated alkanes) is 1. The van der Waals surface area contributed by atoms with Crippen LogP contribution >= 0.6 is 0 Å². The molecule has 0 atom stereocenters. The largest absolute Gasteiger partial charge is 0.352 e. The van der Waals surface area contributed by atoms with Crippen LogP contribution in [0.5, 0.6) is 0 Å². The van der Waals surface area contributed by atoms with Crippen LogP contribution in [-0.4, -0.2) is 35.7 Å². The molecule has 1 aliphatic rings. The minimum atomic E-state index is -0.302. The minimum Gasteiger partial charge on any atom is -0.352 e. The molecule has 0 aromatic heterocycles. The van der Waals surface area contributed by atoms with E-state index in [1.54, 1.807) is 37.3 Å². The zero-order valence-electron chi connectivity index (χ0n) is 15.9. The molecule has 26 heavy (non-hydrogen) atoms. The standard InChI is InChI=1S/C19H20N2O3.C2H6/c1-3-5-11-20-17(22)13-9-10-15-16-12(13)7-6-8-14(16)18(23)21(4-2)19(15)24;1-2/h6-10H,3-5,11H2,1-2H3,(H,20,22);1-2H3. The lowest BCUT2D eigenvalue weighted by Crippen LogP contribution is -2.40. The van der Waals surface area contributed by atoms with Gasteiger partial charge in [0.05, 0.1) is 0 Å². The molecule has 0 spiro atoms. The number of benzene rings is 2. The zero-order chi connectivity index (χ0) is 19.3. The van der Waals surface area contributed by atoms with Crippen molar-refractivity contribution in [3.8, 4) is 0 Å². The summed E-state index contributed by atoms with van der Waals surface area (Å²) < 4.78 is 0. The van der Waals surface area contributed by atoms with Crippen molar-refractivity contribution in [2.75, 3.05) is 13.1 Å². The Morgan fingerprint density at radius 2 is 1.65 bits per heavy atom. The SMILES string of the molecule is CC.CCCCNC(=O)c1ccc2c3c(cccc13)C(=O)N(CC)C2=O. The lowest BCUT2D eigenvalue weighted by atomic mass is 9.91. The van der Waals surface area contributed by atoms with Crippen LogP contribution in [0.4, 0.5) is 0 Å². The van der Waals surface area contributed by atoms with Gasteiger partial charge >= 0.3 is 0 Å². The van der Waals surface area contributed by atoms with Gasteiger partial charge in [-0.15, -0.1) is 0 Å². The second kappa shape index (κ2) is 8.61. The van der Waals surface area contributed by atoms with Crippen molar-refractivity contribution in [3.05, 3.63) is 47.0 Å². The Labute approximate surface area is 154 Å². The highest BCUT2D eigenvalue weighted by atomic mass is 16.2. The third-order valence-corrected chi connectivity index (χ3v) is 4.37. The molecule has 3 amide bonds. The highest BCUT2D eigenvalue weighted by Gasteiger charge is 2.32. The van der Waals surface area contributed by atoms with Crippen molar-refractivity contribution in [2.24, 2.45) is 0 Å². The second-order valence-electron chi connectivity index (χ2n) is 5.85. The van der Waals surface area contributed by atoms with Crippen LogP contribution < -0.4 is 5.32 Å². The van der Waals surface area contributed by atoms with Crippen molar-refractivity contribution < 1.29 is 14.4 Å². The molecule has 5 heteroatoms. The molecule has 0 radical (unpaired) electrons. The molecular weight excluding hydrogens is 328 g/mol. The fraction of sp³-hybridized carbons (Fsp3) is 0.381. The number of rotatable bonds is 5. The minimum absolute atomic E-state index is 0.176. The molecule has 1 N–H and O–H groups in total. The van der Waals surface area contributed by atoms with Gasteiger partial charge in [0.2, 0.25) is 0 Å². The van der Waals surface area contributed by atoms with E-state index in [2.05, 4.69) is 12.2 Å². The first kappa shape index (κ1) is 19.6. The normalized spacial score (nSPS) is 12.7. The van der Waals surface area contributed by atoms with Crippen LogP contribution in [0, 0.1) is 0 Å². The molecule has 0 fully saturated rings. The molecule has 0 bridgehead atoms. The predicted octanol–water partition coefficient (Wildman–Crippen LogP) is 4.01. The number of carbonyl (C=O) groups is 3. The number of nitrogens with one attached hydrogen (secondary N) is 1. The van der Waals surface area contributed by atoms with Crippen LogP contribution in [0.25, 0.3) is 10.8 Å². The zero-order valence-corrected chi connectivity index (χ0v) is 15.9. The van der Waals surface area contributed by atoms with Gasteiger partial charge in [-0.2, -0.15) is 0 Å². The first-order valence-electron chi connectivity index (χ1n) is 9.30. The van der Waals surface area contributed by atoms with Gasteiger partial charge in [0.1, 0.15) is 0 Å². The lowest BCUT2D eigenvalue weighted by Gasteiger charge is -2.26. The highest BCUT2D eigenvalue weighted by Crippen LogP contribution is 2.32. The Morgan fingerprint density at radius 3 is 2.27 bits per heavy atom. The monoisotopic (exact) mass is 354 g/mol. The summed E-state index contributed by atoms with van der Waals surface area (Å²) in [6.07, 6.45) is 1.91. The molecule has 5 nitrogen and oxygen atoms in total. The third-order valence-electron chi connectivity index (χ3n) is 4.37. The second-order valence-corrected chi connectivity index (χ2v) is 5.85. The number of hydrogen-bond acceptors (Lipinski definition) is 3. The Balaban J connectivity index is 0.00000117. The van der Waals surface area contributed by atoms with E-state index in [0.717, 1.165) is 12.8 Å². The summed E-state index contributed by atoms with van der Waals surface area (Å²) in [5, 5.41) is 4.12. The van der Waals surface area contributed by atoms with Gasteiger partial charge in [0.15, 0.2) is 0 Å². The van der Waals surface area contributed by atoms with E-state index in [1.807, 2.05) is 13.8 Å². The van der Waals surface area contributed by atoms with Crippen molar-refractivity contribution in [1.82, 2.24) is 10.2 Å².